The third kappa shape index (κ3) is 4.40. The summed E-state index contributed by atoms with van der Waals surface area (Å²) in [4.78, 5) is 2.73. The van der Waals surface area contributed by atoms with Crippen LogP contribution in [0.3, 0.4) is 0 Å². The number of halogens is 2. The van der Waals surface area contributed by atoms with E-state index in [0.717, 1.165) is 6.04 Å². The van der Waals surface area contributed by atoms with Gasteiger partial charge in [0.1, 0.15) is 0 Å². The number of nitrogens with one attached hydrogen (secondary N) is 1. The molecule has 2 nitrogen and oxygen atoms in total. The van der Waals surface area contributed by atoms with Crippen LogP contribution < -0.4 is 5.32 Å². The fourth-order valence-corrected chi connectivity index (χ4v) is 3.12. The van der Waals surface area contributed by atoms with Gasteiger partial charge in [0.05, 0.1) is 0 Å². The van der Waals surface area contributed by atoms with E-state index in [1.54, 1.807) is 0 Å². The van der Waals surface area contributed by atoms with Crippen LogP contribution in [-0.2, 0) is 0 Å². The normalized spacial score (nSPS) is 36.0. The minimum Gasteiger partial charge on any atom is -0.312 e. The molecule has 0 radical (unpaired) electrons. The Labute approximate surface area is 112 Å². The first-order chi connectivity index (χ1) is 6.75. The number of nitrogens with zero attached hydrogens (tertiary/aromatic N) is 1. The maximum absolute atomic E-state index is 3.62. The highest BCUT2D eigenvalue weighted by molar-refractivity contribution is 5.85. The average Bonchev–Trinajstić information content (AvgIpc) is 2.18. The molecular weight excluding hydrogens is 243 g/mol. The van der Waals surface area contributed by atoms with Crippen molar-refractivity contribution in [2.75, 3.05) is 13.1 Å². The Bertz CT molecular complexity index is 174. The van der Waals surface area contributed by atoms with Crippen molar-refractivity contribution in [3.05, 3.63) is 0 Å². The summed E-state index contributed by atoms with van der Waals surface area (Å²) in [6.07, 6.45) is 7.00. The lowest BCUT2D eigenvalue weighted by atomic mass is 9.92. The molecule has 2 atom stereocenters. The zero-order valence-corrected chi connectivity index (χ0v) is 12.1. The van der Waals surface area contributed by atoms with Crippen LogP contribution in [0.25, 0.3) is 0 Å². The van der Waals surface area contributed by atoms with Gasteiger partial charge < -0.3 is 10.2 Å². The van der Waals surface area contributed by atoms with Gasteiger partial charge >= 0.3 is 0 Å². The van der Waals surface area contributed by atoms with E-state index >= 15 is 0 Å². The van der Waals surface area contributed by atoms with Crippen molar-refractivity contribution in [3.63, 3.8) is 0 Å². The van der Waals surface area contributed by atoms with Crippen LogP contribution in [0.2, 0.25) is 0 Å². The molecule has 0 aromatic rings. The van der Waals surface area contributed by atoms with Gasteiger partial charge in [-0.15, -0.1) is 24.8 Å². The number of rotatable bonds is 1. The second-order valence-corrected chi connectivity index (χ2v) is 5.19. The summed E-state index contributed by atoms with van der Waals surface area (Å²) in [5.41, 5.74) is 0. The highest BCUT2D eigenvalue weighted by Crippen LogP contribution is 2.22. The molecule has 0 spiro atoms. The highest BCUT2D eigenvalue weighted by Gasteiger charge is 2.28. The predicted molar refractivity (Wildman–Crippen MR) is 75.0 cm³/mol. The van der Waals surface area contributed by atoms with E-state index in [-0.39, 0.29) is 24.8 Å². The Morgan fingerprint density at radius 2 is 1.38 bits per heavy atom. The van der Waals surface area contributed by atoms with Crippen molar-refractivity contribution >= 4 is 24.8 Å². The fourth-order valence-electron chi connectivity index (χ4n) is 3.12. The molecule has 4 heteroatoms. The molecule has 0 saturated carbocycles. The standard InChI is InChI=1S/C12H24N2.2ClH/c1-10-8-12(9-11(2)13-10)14-6-4-3-5-7-14;;/h10-13H,3-9H2,1-2H3;2*1H. The Hall–Kier alpha value is 0.500. The molecule has 0 bridgehead atoms. The Morgan fingerprint density at radius 1 is 0.875 bits per heavy atom. The largest absolute Gasteiger partial charge is 0.312 e. The van der Waals surface area contributed by atoms with Crippen LogP contribution in [0.15, 0.2) is 0 Å². The van der Waals surface area contributed by atoms with Crippen molar-refractivity contribution in [2.45, 2.75) is 64.1 Å². The minimum atomic E-state index is 0. The average molecular weight is 269 g/mol. The molecule has 2 unspecified atom stereocenters. The van der Waals surface area contributed by atoms with E-state index in [1.807, 2.05) is 0 Å². The van der Waals surface area contributed by atoms with Crippen LogP contribution in [-0.4, -0.2) is 36.1 Å². The smallest absolute Gasteiger partial charge is 0.0125 e. The molecule has 0 aromatic heterocycles. The molecule has 2 aliphatic heterocycles. The molecular formula is C12H26Cl2N2. The monoisotopic (exact) mass is 268 g/mol. The molecule has 2 aliphatic rings. The number of hydrogen-bond acceptors (Lipinski definition) is 2. The quantitative estimate of drug-likeness (QED) is 0.787. The molecule has 98 valence electrons. The lowest BCUT2D eigenvalue weighted by Crippen LogP contribution is -2.51. The zero-order chi connectivity index (χ0) is 9.97. The molecule has 16 heavy (non-hydrogen) atoms. The van der Waals surface area contributed by atoms with Crippen LogP contribution in [0.1, 0.15) is 46.0 Å². The van der Waals surface area contributed by atoms with E-state index in [2.05, 4.69) is 24.1 Å². The molecule has 0 aromatic carbocycles. The summed E-state index contributed by atoms with van der Waals surface area (Å²) in [6, 6.07) is 2.29. The summed E-state index contributed by atoms with van der Waals surface area (Å²) >= 11 is 0. The number of hydrogen-bond donors (Lipinski definition) is 1. The lowest BCUT2D eigenvalue weighted by molar-refractivity contribution is 0.109. The molecule has 2 fully saturated rings. The number of likely N-dealkylation sites (tertiary alicyclic amines) is 1. The van der Waals surface area contributed by atoms with E-state index in [1.165, 1.54) is 45.2 Å². The Kier molecular flexibility index (Phi) is 8.00. The molecule has 2 rings (SSSR count). The van der Waals surface area contributed by atoms with Crippen molar-refractivity contribution in [1.82, 2.24) is 10.2 Å². The van der Waals surface area contributed by atoms with E-state index < -0.39 is 0 Å². The van der Waals surface area contributed by atoms with Crippen LogP contribution in [0, 0.1) is 0 Å². The zero-order valence-electron chi connectivity index (χ0n) is 10.4. The Morgan fingerprint density at radius 3 is 1.88 bits per heavy atom. The first-order valence-electron chi connectivity index (χ1n) is 6.26. The second kappa shape index (κ2) is 7.75. The van der Waals surface area contributed by atoms with Crippen molar-refractivity contribution in [2.24, 2.45) is 0 Å². The van der Waals surface area contributed by atoms with Gasteiger partial charge in [-0.25, -0.2) is 0 Å². The summed E-state index contributed by atoms with van der Waals surface area (Å²) < 4.78 is 0. The highest BCUT2D eigenvalue weighted by atomic mass is 35.5. The third-order valence-corrected chi connectivity index (χ3v) is 3.73. The van der Waals surface area contributed by atoms with Crippen LogP contribution in [0.4, 0.5) is 0 Å². The molecule has 2 saturated heterocycles. The molecule has 2 heterocycles. The van der Waals surface area contributed by atoms with Crippen LogP contribution >= 0.6 is 24.8 Å². The van der Waals surface area contributed by atoms with E-state index in [0.29, 0.717) is 12.1 Å². The summed E-state index contributed by atoms with van der Waals surface area (Å²) in [7, 11) is 0. The predicted octanol–water partition coefficient (Wildman–Crippen LogP) is 2.84. The van der Waals surface area contributed by atoms with E-state index in [4.69, 9.17) is 0 Å². The first-order valence-corrected chi connectivity index (χ1v) is 6.26. The van der Waals surface area contributed by atoms with Crippen molar-refractivity contribution in [3.8, 4) is 0 Å². The van der Waals surface area contributed by atoms with Gasteiger partial charge in [0.15, 0.2) is 0 Å². The number of piperidine rings is 2. The van der Waals surface area contributed by atoms with Gasteiger partial charge in [0, 0.05) is 18.1 Å². The maximum Gasteiger partial charge on any atom is 0.0125 e. The molecule has 0 aliphatic carbocycles. The summed E-state index contributed by atoms with van der Waals surface area (Å²) in [5, 5.41) is 3.62. The van der Waals surface area contributed by atoms with Gasteiger partial charge in [0.2, 0.25) is 0 Å². The Balaban J connectivity index is 0.00000112. The maximum atomic E-state index is 3.62. The SMILES string of the molecule is CC1CC(N2CCCCC2)CC(C)N1.Cl.Cl. The van der Waals surface area contributed by atoms with Crippen LogP contribution in [0.5, 0.6) is 0 Å². The van der Waals surface area contributed by atoms with Gasteiger partial charge in [-0.05, 0) is 52.6 Å². The van der Waals surface area contributed by atoms with Gasteiger partial charge in [-0.2, -0.15) is 0 Å². The lowest BCUT2D eigenvalue weighted by Gasteiger charge is -2.41. The molecule has 1 N–H and O–H groups in total. The summed E-state index contributed by atoms with van der Waals surface area (Å²) in [6.45, 7) is 7.35. The van der Waals surface area contributed by atoms with E-state index in [9.17, 15) is 0 Å². The van der Waals surface area contributed by atoms with Crippen molar-refractivity contribution < 1.29 is 0 Å². The third-order valence-electron chi connectivity index (χ3n) is 3.73. The van der Waals surface area contributed by atoms with Gasteiger partial charge in [-0.3, -0.25) is 0 Å². The van der Waals surface area contributed by atoms with Gasteiger partial charge in [0.25, 0.3) is 0 Å². The summed E-state index contributed by atoms with van der Waals surface area (Å²) in [5.74, 6) is 0. The van der Waals surface area contributed by atoms with Crippen molar-refractivity contribution in [1.29, 1.82) is 0 Å². The minimum absolute atomic E-state index is 0. The fraction of sp³-hybridized carbons (Fsp3) is 1.00. The second-order valence-electron chi connectivity index (χ2n) is 5.19. The molecule has 0 amide bonds. The topological polar surface area (TPSA) is 15.3 Å². The van der Waals surface area contributed by atoms with Gasteiger partial charge in [-0.1, -0.05) is 6.42 Å². The first kappa shape index (κ1) is 16.5.